The molecule has 3 rings (SSSR count). The lowest BCUT2D eigenvalue weighted by molar-refractivity contribution is 0.613. The second-order valence-electron chi connectivity index (χ2n) is 5.54. The molecule has 0 aromatic heterocycles. The third-order valence-electron chi connectivity index (χ3n) is 3.70. The maximum atomic E-state index is 14.0. The van der Waals surface area contributed by atoms with E-state index >= 15 is 0 Å². The normalized spacial score (nSPS) is 10.6. The van der Waals surface area contributed by atoms with Gasteiger partial charge in [0.1, 0.15) is 11.6 Å². The SMILES string of the molecule is Cc1cccc(NCc2cc(-c3cccc(F)c3)ccc2F)c1. The highest BCUT2D eigenvalue weighted by Crippen LogP contribution is 2.23. The molecule has 0 fully saturated rings. The molecule has 1 N–H and O–H groups in total. The van der Waals surface area contributed by atoms with Gasteiger partial charge in [0.25, 0.3) is 0 Å². The Morgan fingerprint density at radius 3 is 2.39 bits per heavy atom. The molecule has 116 valence electrons. The zero-order valence-electron chi connectivity index (χ0n) is 12.8. The Kier molecular flexibility index (Phi) is 4.38. The molecule has 3 aromatic rings. The first-order valence-electron chi connectivity index (χ1n) is 7.47. The summed E-state index contributed by atoms with van der Waals surface area (Å²) in [6, 6.07) is 19.1. The first-order chi connectivity index (χ1) is 11.1. The van der Waals surface area contributed by atoms with Crippen LogP contribution in [0.15, 0.2) is 66.7 Å². The van der Waals surface area contributed by atoms with Gasteiger partial charge in [-0.1, -0.05) is 30.3 Å². The summed E-state index contributed by atoms with van der Waals surface area (Å²) in [6.45, 7) is 2.38. The quantitative estimate of drug-likeness (QED) is 0.666. The van der Waals surface area contributed by atoms with Crippen LogP contribution < -0.4 is 5.32 Å². The predicted octanol–water partition coefficient (Wildman–Crippen LogP) is 5.55. The van der Waals surface area contributed by atoms with Gasteiger partial charge >= 0.3 is 0 Å². The third-order valence-corrected chi connectivity index (χ3v) is 3.70. The minimum absolute atomic E-state index is 0.273. The Morgan fingerprint density at radius 1 is 0.826 bits per heavy atom. The molecular formula is C20H17F2N. The van der Waals surface area contributed by atoms with Crippen molar-refractivity contribution >= 4 is 5.69 Å². The standard InChI is InChI=1S/C20H17F2N/c1-14-4-2-7-19(10-14)23-13-17-11-16(8-9-20(17)22)15-5-3-6-18(21)12-15/h2-12,23H,13H2,1H3. The second-order valence-corrected chi connectivity index (χ2v) is 5.54. The van der Waals surface area contributed by atoms with Crippen molar-refractivity contribution in [1.29, 1.82) is 0 Å². The highest BCUT2D eigenvalue weighted by Gasteiger charge is 2.06. The topological polar surface area (TPSA) is 12.0 Å². The van der Waals surface area contributed by atoms with Gasteiger partial charge in [-0.2, -0.15) is 0 Å². The van der Waals surface area contributed by atoms with Gasteiger partial charge in [-0.15, -0.1) is 0 Å². The molecule has 0 atom stereocenters. The maximum absolute atomic E-state index is 14.0. The summed E-state index contributed by atoms with van der Waals surface area (Å²) < 4.78 is 27.4. The molecule has 0 aliphatic rings. The Balaban J connectivity index is 1.83. The van der Waals surface area contributed by atoms with Crippen LogP contribution in [0.3, 0.4) is 0 Å². The molecule has 0 saturated carbocycles. The van der Waals surface area contributed by atoms with Gasteiger partial charge in [-0.25, -0.2) is 8.78 Å². The lowest BCUT2D eigenvalue weighted by Crippen LogP contribution is -2.02. The summed E-state index contributed by atoms with van der Waals surface area (Å²) in [4.78, 5) is 0. The van der Waals surface area contributed by atoms with E-state index in [1.807, 2.05) is 37.3 Å². The number of anilines is 1. The Morgan fingerprint density at radius 2 is 1.61 bits per heavy atom. The number of hydrogen-bond donors (Lipinski definition) is 1. The van der Waals surface area contributed by atoms with Crippen LogP contribution in [0, 0.1) is 18.6 Å². The van der Waals surface area contributed by atoms with Gasteiger partial charge in [0.15, 0.2) is 0 Å². The van der Waals surface area contributed by atoms with Gasteiger partial charge in [0.05, 0.1) is 0 Å². The highest BCUT2D eigenvalue weighted by atomic mass is 19.1. The molecule has 0 heterocycles. The van der Waals surface area contributed by atoms with Crippen molar-refractivity contribution < 1.29 is 8.78 Å². The van der Waals surface area contributed by atoms with Gasteiger partial charge < -0.3 is 5.32 Å². The molecule has 0 aliphatic heterocycles. The highest BCUT2D eigenvalue weighted by molar-refractivity contribution is 5.64. The number of benzene rings is 3. The van der Waals surface area contributed by atoms with Gasteiger partial charge in [0, 0.05) is 17.8 Å². The Hall–Kier alpha value is -2.68. The van der Waals surface area contributed by atoms with Crippen molar-refractivity contribution in [2.75, 3.05) is 5.32 Å². The molecule has 0 saturated heterocycles. The number of halogens is 2. The molecule has 0 radical (unpaired) electrons. The first kappa shape index (κ1) is 15.2. The number of rotatable bonds is 4. The minimum atomic E-state index is -0.300. The lowest BCUT2D eigenvalue weighted by atomic mass is 10.0. The van der Waals surface area contributed by atoms with E-state index in [0.717, 1.165) is 22.4 Å². The van der Waals surface area contributed by atoms with Crippen molar-refractivity contribution in [3.63, 3.8) is 0 Å². The predicted molar refractivity (Wildman–Crippen MR) is 90.3 cm³/mol. The summed E-state index contributed by atoms with van der Waals surface area (Å²) >= 11 is 0. The van der Waals surface area contributed by atoms with Crippen LogP contribution in [0.5, 0.6) is 0 Å². The van der Waals surface area contributed by atoms with E-state index in [4.69, 9.17) is 0 Å². The van der Waals surface area contributed by atoms with E-state index in [-0.39, 0.29) is 11.6 Å². The average molecular weight is 309 g/mol. The van der Waals surface area contributed by atoms with Crippen LogP contribution in [0.1, 0.15) is 11.1 Å². The number of hydrogen-bond acceptors (Lipinski definition) is 1. The van der Waals surface area contributed by atoms with E-state index in [1.165, 1.54) is 18.2 Å². The smallest absolute Gasteiger partial charge is 0.128 e. The molecular weight excluding hydrogens is 292 g/mol. The lowest BCUT2D eigenvalue weighted by Gasteiger charge is -2.10. The van der Waals surface area contributed by atoms with Crippen molar-refractivity contribution in [3.05, 3.63) is 89.5 Å². The van der Waals surface area contributed by atoms with E-state index in [1.54, 1.807) is 18.2 Å². The zero-order chi connectivity index (χ0) is 16.2. The van der Waals surface area contributed by atoms with E-state index in [2.05, 4.69) is 5.32 Å². The van der Waals surface area contributed by atoms with E-state index < -0.39 is 0 Å². The van der Waals surface area contributed by atoms with Gasteiger partial charge in [-0.3, -0.25) is 0 Å². The molecule has 0 spiro atoms. The molecule has 3 heteroatoms. The fraction of sp³-hybridized carbons (Fsp3) is 0.100. The number of nitrogens with one attached hydrogen (secondary N) is 1. The average Bonchev–Trinajstić information content (AvgIpc) is 2.54. The van der Waals surface area contributed by atoms with Crippen molar-refractivity contribution in [3.8, 4) is 11.1 Å². The summed E-state index contributed by atoms with van der Waals surface area (Å²) in [6.07, 6.45) is 0. The van der Waals surface area contributed by atoms with Crippen molar-refractivity contribution in [1.82, 2.24) is 0 Å². The van der Waals surface area contributed by atoms with Crippen molar-refractivity contribution in [2.45, 2.75) is 13.5 Å². The molecule has 0 aliphatic carbocycles. The fourth-order valence-corrected chi connectivity index (χ4v) is 2.51. The molecule has 0 amide bonds. The molecule has 0 bridgehead atoms. The Bertz CT molecular complexity index is 827. The van der Waals surface area contributed by atoms with Gasteiger partial charge in [-0.05, 0) is 60.0 Å². The summed E-state index contributed by atoms with van der Waals surface area (Å²) in [7, 11) is 0. The molecule has 3 aromatic carbocycles. The van der Waals surface area contributed by atoms with Crippen LogP contribution in [0.25, 0.3) is 11.1 Å². The van der Waals surface area contributed by atoms with E-state index in [9.17, 15) is 8.78 Å². The number of aryl methyl sites for hydroxylation is 1. The first-order valence-corrected chi connectivity index (χ1v) is 7.47. The van der Waals surface area contributed by atoms with Gasteiger partial charge in [0.2, 0.25) is 0 Å². The molecule has 1 nitrogen and oxygen atoms in total. The minimum Gasteiger partial charge on any atom is -0.381 e. The van der Waals surface area contributed by atoms with Crippen LogP contribution >= 0.6 is 0 Å². The Labute approximate surface area is 134 Å². The monoisotopic (exact) mass is 309 g/mol. The maximum Gasteiger partial charge on any atom is 0.128 e. The third kappa shape index (κ3) is 3.75. The van der Waals surface area contributed by atoms with Crippen LogP contribution in [-0.2, 0) is 6.54 Å². The van der Waals surface area contributed by atoms with Crippen molar-refractivity contribution in [2.24, 2.45) is 0 Å². The fourth-order valence-electron chi connectivity index (χ4n) is 2.51. The van der Waals surface area contributed by atoms with Crippen LogP contribution in [0.2, 0.25) is 0 Å². The van der Waals surface area contributed by atoms with Crippen LogP contribution in [-0.4, -0.2) is 0 Å². The summed E-state index contributed by atoms with van der Waals surface area (Å²) in [5.74, 6) is -0.573. The molecule has 23 heavy (non-hydrogen) atoms. The summed E-state index contributed by atoms with van der Waals surface area (Å²) in [5.41, 5.74) is 4.17. The largest absolute Gasteiger partial charge is 0.381 e. The molecule has 0 unspecified atom stereocenters. The second kappa shape index (κ2) is 6.61. The van der Waals surface area contributed by atoms with E-state index in [0.29, 0.717) is 12.1 Å². The van der Waals surface area contributed by atoms with Crippen LogP contribution in [0.4, 0.5) is 14.5 Å². The zero-order valence-corrected chi connectivity index (χ0v) is 12.8. The summed E-state index contributed by atoms with van der Waals surface area (Å²) in [5, 5.41) is 3.22.